The summed E-state index contributed by atoms with van der Waals surface area (Å²) in [5.41, 5.74) is 0. The van der Waals surface area contributed by atoms with Crippen LogP contribution in [0.25, 0.3) is 10.1 Å². The zero-order chi connectivity index (χ0) is 13.3. The van der Waals surface area contributed by atoms with E-state index in [-0.39, 0.29) is 0 Å². The molecule has 0 unspecified atom stereocenters. The van der Waals surface area contributed by atoms with Gasteiger partial charge in [-0.2, -0.15) is 0 Å². The smallest absolute Gasteiger partial charge is 0.325 e. The van der Waals surface area contributed by atoms with Crippen LogP contribution >= 0.6 is 22.9 Å². The minimum atomic E-state index is -1.08. The number of amides is 1. The van der Waals surface area contributed by atoms with Crippen molar-refractivity contribution in [3.63, 3.8) is 0 Å². The maximum atomic E-state index is 11.9. The fourth-order valence-corrected chi connectivity index (χ4v) is 2.90. The van der Waals surface area contributed by atoms with Gasteiger partial charge in [-0.05, 0) is 13.0 Å². The molecule has 1 aromatic heterocycles. The number of thiophene rings is 1. The molecule has 2 aromatic rings. The second-order valence-electron chi connectivity index (χ2n) is 3.77. The van der Waals surface area contributed by atoms with Crippen LogP contribution in [-0.4, -0.2) is 23.0 Å². The molecule has 1 heterocycles. The maximum Gasteiger partial charge on any atom is 0.325 e. The van der Waals surface area contributed by atoms with Gasteiger partial charge in [-0.3, -0.25) is 9.59 Å². The summed E-state index contributed by atoms with van der Waals surface area (Å²) in [7, 11) is 0. The molecule has 0 aliphatic rings. The van der Waals surface area contributed by atoms with Gasteiger partial charge < -0.3 is 10.4 Å². The number of carboxylic acids is 1. The Morgan fingerprint density at radius 3 is 2.67 bits per heavy atom. The molecule has 1 aromatic carbocycles. The molecule has 2 rings (SSSR count). The third-order valence-corrected chi connectivity index (χ3v) is 4.13. The van der Waals surface area contributed by atoms with Gasteiger partial charge in [-0.15, -0.1) is 11.3 Å². The second kappa shape index (κ2) is 4.96. The van der Waals surface area contributed by atoms with Gasteiger partial charge in [0.25, 0.3) is 5.91 Å². The van der Waals surface area contributed by atoms with Crippen LogP contribution in [0.15, 0.2) is 24.3 Å². The fraction of sp³-hybridized carbons (Fsp3) is 0.167. The second-order valence-corrected chi connectivity index (χ2v) is 5.20. The number of aliphatic carboxylic acids is 1. The van der Waals surface area contributed by atoms with E-state index in [0.29, 0.717) is 9.90 Å². The average molecular weight is 284 g/mol. The lowest BCUT2D eigenvalue weighted by atomic mass is 10.2. The lowest BCUT2D eigenvalue weighted by Crippen LogP contribution is -2.38. The number of fused-ring (bicyclic) bond motifs is 1. The first kappa shape index (κ1) is 12.9. The summed E-state index contributed by atoms with van der Waals surface area (Å²) in [6, 6.07) is 6.44. The maximum absolute atomic E-state index is 11.9. The van der Waals surface area contributed by atoms with Gasteiger partial charge in [-0.25, -0.2) is 0 Å². The lowest BCUT2D eigenvalue weighted by molar-refractivity contribution is -0.138. The SMILES string of the molecule is C[C@H](NC(=O)c1sc2ccccc2c1Cl)C(=O)O. The van der Waals surface area contributed by atoms with Gasteiger partial charge >= 0.3 is 5.97 Å². The normalized spacial score (nSPS) is 12.3. The van der Waals surface area contributed by atoms with Crippen molar-refractivity contribution >= 4 is 44.9 Å². The number of rotatable bonds is 3. The Morgan fingerprint density at radius 1 is 1.39 bits per heavy atom. The summed E-state index contributed by atoms with van der Waals surface area (Å²) >= 11 is 7.37. The molecule has 0 aliphatic heterocycles. The Labute approximate surface area is 112 Å². The summed E-state index contributed by atoms with van der Waals surface area (Å²) in [6.45, 7) is 1.40. The van der Waals surface area contributed by atoms with Gasteiger partial charge in [0.05, 0.1) is 5.02 Å². The Kier molecular flexibility index (Phi) is 3.54. The molecule has 0 fully saturated rings. The highest BCUT2D eigenvalue weighted by Gasteiger charge is 2.20. The molecular formula is C12H10ClNO3S. The number of hydrogen-bond donors (Lipinski definition) is 2. The van der Waals surface area contributed by atoms with E-state index >= 15 is 0 Å². The number of carbonyl (C=O) groups excluding carboxylic acids is 1. The van der Waals surface area contributed by atoms with Gasteiger partial charge in [0.1, 0.15) is 10.9 Å². The molecule has 94 valence electrons. The number of carbonyl (C=O) groups is 2. The Bertz CT molecular complexity index is 623. The first-order valence-electron chi connectivity index (χ1n) is 5.21. The molecule has 1 amide bonds. The quantitative estimate of drug-likeness (QED) is 0.910. The van der Waals surface area contributed by atoms with Crippen molar-refractivity contribution in [3.05, 3.63) is 34.2 Å². The van der Waals surface area contributed by atoms with E-state index in [2.05, 4.69) is 5.32 Å². The highest BCUT2D eigenvalue weighted by Crippen LogP contribution is 2.34. The van der Waals surface area contributed by atoms with Crippen molar-refractivity contribution in [2.24, 2.45) is 0 Å². The van der Waals surface area contributed by atoms with E-state index < -0.39 is 17.9 Å². The molecule has 0 aliphatic carbocycles. The first-order chi connectivity index (χ1) is 8.50. The minimum Gasteiger partial charge on any atom is -0.480 e. The van der Waals surface area contributed by atoms with Gasteiger partial charge in [0, 0.05) is 10.1 Å². The largest absolute Gasteiger partial charge is 0.480 e. The van der Waals surface area contributed by atoms with Crippen LogP contribution in [0, 0.1) is 0 Å². The van der Waals surface area contributed by atoms with Crippen LogP contribution in [0.1, 0.15) is 16.6 Å². The van der Waals surface area contributed by atoms with E-state index in [1.54, 1.807) is 0 Å². The highest BCUT2D eigenvalue weighted by molar-refractivity contribution is 7.21. The van der Waals surface area contributed by atoms with E-state index in [4.69, 9.17) is 16.7 Å². The number of benzene rings is 1. The van der Waals surface area contributed by atoms with Crippen LogP contribution in [0.5, 0.6) is 0 Å². The molecule has 18 heavy (non-hydrogen) atoms. The van der Waals surface area contributed by atoms with Crippen molar-refractivity contribution in [1.82, 2.24) is 5.32 Å². The van der Waals surface area contributed by atoms with Gasteiger partial charge in [0.2, 0.25) is 0 Å². The molecule has 0 saturated heterocycles. The van der Waals surface area contributed by atoms with Crippen molar-refractivity contribution < 1.29 is 14.7 Å². The van der Waals surface area contributed by atoms with Crippen LogP contribution in [-0.2, 0) is 4.79 Å². The average Bonchev–Trinajstić information content (AvgIpc) is 2.67. The molecule has 6 heteroatoms. The van der Waals surface area contributed by atoms with Crippen LogP contribution in [0.2, 0.25) is 5.02 Å². The topological polar surface area (TPSA) is 66.4 Å². The molecule has 0 spiro atoms. The van der Waals surface area contributed by atoms with Crippen molar-refractivity contribution in [2.45, 2.75) is 13.0 Å². The summed E-state index contributed by atoms with van der Waals surface area (Å²) in [6.07, 6.45) is 0. The summed E-state index contributed by atoms with van der Waals surface area (Å²) in [5.74, 6) is -1.54. The molecule has 2 N–H and O–H groups in total. The lowest BCUT2D eigenvalue weighted by Gasteiger charge is -2.07. The zero-order valence-electron chi connectivity index (χ0n) is 9.44. The minimum absolute atomic E-state index is 0.339. The molecule has 0 radical (unpaired) electrons. The molecule has 0 saturated carbocycles. The van der Waals surface area contributed by atoms with Crippen molar-refractivity contribution in [1.29, 1.82) is 0 Å². The summed E-state index contributed by atoms with van der Waals surface area (Å²) in [4.78, 5) is 22.9. The van der Waals surface area contributed by atoms with Crippen LogP contribution in [0.3, 0.4) is 0 Å². The highest BCUT2D eigenvalue weighted by atomic mass is 35.5. The van der Waals surface area contributed by atoms with E-state index in [0.717, 1.165) is 10.1 Å². The third-order valence-electron chi connectivity index (χ3n) is 2.46. The Balaban J connectivity index is 2.34. The molecule has 0 bridgehead atoms. The number of halogens is 1. The van der Waals surface area contributed by atoms with Crippen LogP contribution in [0.4, 0.5) is 0 Å². The third kappa shape index (κ3) is 2.32. The van der Waals surface area contributed by atoms with Crippen molar-refractivity contribution in [3.8, 4) is 0 Å². The van der Waals surface area contributed by atoms with Crippen molar-refractivity contribution in [2.75, 3.05) is 0 Å². The number of nitrogens with one attached hydrogen (secondary N) is 1. The summed E-state index contributed by atoms with van der Waals surface area (Å²) < 4.78 is 0.899. The Morgan fingerprint density at radius 2 is 2.06 bits per heavy atom. The predicted molar refractivity (Wildman–Crippen MR) is 71.4 cm³/mol. The number of hydrogen-bond acceptors (Lipinski definition) is 3. The standard InChI is InChI=1S/C12H10ClNO3S/c1-6(12(16)17)14-11(15)10-9(13)7-4-2-3-5-8(7)18-10/h2-6H,1H3,(H,14,15)(H,16,17)/t6-/m0/s1. The van der Waals surface area contributed by atoms with Crippen LogP contribution < -0.4 is 5.32 Å². The first-order valence-corrected chi connectivity index (χ1v) is 6.41. The predicted octanol–water partition coefficient (Wildman–Crippen LogP) is 2.76. The summed E-state index contributed by atoms with van der Waals surface area (Å²) in [5, 5.41) is 12.3. The van der Waals surface area contributed by atoms with Gasteiger partial charge in [-0.1, -0.05) is 29.8 Å². The van der Waals surface area contributed by atoms with E-state index in [9.17, 15) is 9.59 Å². The fourth-order valence-electron chi connectivity index (χ4n) is 1.48. The molecule has 4 nitrogen and oxygen atoms in total. The van der Waals surface area contributed by atoms with Gasteiger partial charge in [0.15, 0.2) is 0 Å². The van der Waals surface area contributed by atoms with E-state index in [1.807, 2.05) is 24.3 Å². The van der Waals surface area contributed by atoms with E-state index in [1.165, 1.54) is 18.3 Å². The molecular weight excluding hydrogens is 274 g/mol. The number of carboxylic acid groups (broad SMARTS) is 1. The monoisotopic (exact) mass is 283 g/mol. The molecule has 1 atom stereocenters. The Hall–Kier alpha value is -1.59. The zero-order valence-corrected chi connectivity index (χ0v) is 11.0.